The van der Waals surface area contributed by atoms with Gasteiger partial charge in [-0.05, 0) is 54.8 Å². The Bertz CT molecular complexity index is 1260. The number of aromatic nitrogens is 6. The van der Waals surface area contributed by atoms with Gasteiger partial charge in [0, 0.05) is 23.0 Å². The molecule has 0 bridgehead atoms. The van der Waals surface area contributed by atoms with E-state index in [1.807, 2.05) is 18.2 Å². The van der Waals surface area contributed by atoms with E-state index in [0.29, 0.717) is 28.9 Å². The second-order valence-corrected chi connectivity index (χ2v) is 7.83. The van der Waals surface area contributed by atoms with Gasteiger partial charge in [-0.2, -0.15) is 0 Å². The minimum Gasteiger partial charge on any atom is -0.327 e. The molecule has 9 heteroatoms. The van der Waals surface area contributed by atoms with Crippen molar-refractivity contribution < 1.29 is 4.39 Å². The summed E-state index contributed by atoms with van der Waals surface area (Å²) >= 11 is 5.99. The van der Waals surface area contributed by atoms with Crippen LogP contribution in [0, 0.1) is 5.82 Å². The number of hydrogen-bond acceptors (Lipinski definition) is 4. The molecule has 0 spiro atoms. The van der Waals surface area contributed by atoms with Gasteiger partial charge in [-0.3, -0.25) is 4.57 Å². The Morgan fingerprint density at radius 1 is 1.10 bits per heavy atom. The number of nitrogens with zero attached hydrogens (tertiary/aromatic N) is 5. The molecule has 2 heterocycles. The number of H-pyrrole nitrogens is 1. The van der Waals surface area contributed by atoms with E-state index in [0.717, 1.165) is 24.0 Å². The smallest absolute Gasteiger partial charge is 0.327 e. The van der Waals surface area contributed by atoms with Crippen LogP contribution in [0.25, 0.3) is 11.4 Å². The van der Waals surface area contributed by atoms with Gasteiger partial charge in [-0.15, -0.1) is 15.3 Å². The summed E-state index contributed by atoms with van der Waals surface area (Å²) in [5.74, 6) is 1.45. The van der Waals surface area contributed by atoms with Gasteiger partial charge in [-0.25, -0.2) is 13.9 Å². The molecule has 2 aromatic carbocycles. The minimum atomic E-state index is -0.292. The molecular formula is C21H18ClFN6O. The average Bonchev–Trinajstić information content (AvgIpc) is 3.38. The molecule has 0 unspecified atom stereocenters. The van der Waals surface area contributed by atoms with Gasteiger partial charge in [0.05, 0.1) is 0 Å². The summed E-state index contributed by atoms with van der Waals surface area (Å²) in [4.78, 5) is 16.1. The predicted molar refractivity (Wildman–Crippen MR) is 110 cm³/mol. The summed E-state index contributed by atoms with van der Waals surface area (Å²) in [7, 11) is 0. The van der Waals surface area contributed by atoms with Crippen molar-refractivity contribution in [3.05, 3.63) is 87.1 Å². The van der Waals surface area contributed by atoms with E-state index in [1.54, 1.807) is 22.8 Å². The summed E-state index contributed by atoms with van der Waals surface area (Å²) in [5, 5.41) is 13.4. The lowest BCUT2D eigenvalue weighted by atomic mass is 10.1. The first-order valence-corrected chi connectivity index (χ1v) is 10.0. The van der Waals surface area contributed by atoms with Crippen LogP contribution in [0.3, 0.4) is 0 Å². The number of hydrogen-bond donors (Lipinski definition) is 1. The lowest BCUT2D eigenvalue weighted by molar-refractivity contribution is 0.608. The molecule has 1 N–H and O–H groups in total. The van der Waals surface area contributed by atoms with Crippen LogP contribution in [-0.4, -0.2) is 29.5 Å². The van der Waals surface area contributed by atoms with Crippen LogP contribution in [-0.2, 0) is 13.0 Å². The largest absolute Gasteiger partial charge is 0.346 e. The Labute approximate surface area is 176 Å². The minimum absolute atomic E-state index is 0.175. The summed E-state index contributed by atoms with van der Waals surface area (Å²) in [6.07, 6.45) is 2.35. The van der Waals surface area contributed by atoms with E-state index in [-0.39, 0.29) is 24.1 Å². The molecule has 0 aliphatic heterocycles. The van der Waals surface area contributed by atoms with E-state index in [4.69, 9.17) is 11.6 Å². The molecule has 1 fully saturated rings. The fourth-order valence-corrected chi connectivity index (χ4v) is 3.58. The molecule has 1 saturated carbocycles. The average molecular weight is 425 g/mol. The standard InChI is InChI=1S/C21H18ClFN6O/c22-15-6-4-14(5-7-15)20-27-28(21(30)29(20)17-8-9-17)12-19-24-18(25-26-19)11-13-2-1-3-16(23)10-13/h1-7,10,17H,8-9,11-12H2,(H,24,25,26). The van der Waals surface area contributed by atoms with E-state index < -0.39 is 0 Å². The molecule has 4 aromatic rings. The zero-order chi connectivity index (χ0) is 20.7. The van der Waals surface area contributed by atoms with Gasteiger partial charge in [0.2, 0.25) is 0 Å². The second-order valence-electron chi connectivity index (χ2n) is 7.40. The maximum absolute atomic E-state index is 13.4. The van der Waals surface area contributed by atoms with Gasteiger partial charge in [0.25, 0.3) is 0 Å². The first kappa shape index (κ1) is 18.7. The summed E-state index contributed by atoms with van der Waals surface area (Å²) in [5.41, 5.74) is 1.45. The lowest BCUT2D eigenvalue weighted by Crippen LogP contribution is -2.25. The highest BCUT2D eigenvalue weighted by Crippen LogP contribution is 2.36. The fourth-order valence-electron chi connectivity index (χ4n) is 3.45. The summed E-state index contributed by atoms with van der Waals surface area (Å²) in [6.45, 7) is 0.176. The van der Waals surface area contributed by atoms with E-state index in [2.05, 4.69) is 20.3 Å². The van der Waals surface area contributed by atoms with E-state index in [9.17, 15) is 9.18 Å². The Morgan fingerprint density at radius 2 is 1.87 bits per heavy atom. The highest BCUT2D eigenvalue weighted by molar-refractivity contribution is 6.30. The molecular weight excluding hydrogens is 407 g/mol. The first-order chi connectivity index (χ1) is 14.6. The van der Waals surface area contributed by atoms with Crippen LogP contribution in [0.5, 0.6) is 0 Å². The van der Waals surface area contributed by atoms with Gasteiger partial charge in [0.1, 0.15) is 18.2 Å². The number of nitrogens with one attached hydrogen (secondary N) is 1. The van der Waals surface area contributed by atoms with Crippen LogP contribution >= 0.6 is 11.6 Å². The fraction of sp³-hybridized carbons (Fsp3) is 0.238. The third-order valence-corrected chi connectivity index (χ3v) is 5.28. The molecule has 30 heavy (non-hydrogen) atoms. The second kappa shape index (κ2) is 7.53. The molecule has 0 amide bonds. The number of rotatable bonds is 6. The van der Waals surface area contributed by atoms with Crippen molar-refractivity contribution in [1.82, 2.24) is 29.5 Å². The van der Waals surface area contributed by atoms with Gasteiger partial charge >= 0.3 is 5.69 Å². The molecule has 1 aliphatic carbocycles. The maximum atomic E-state index is 13.4. The molecule has 7 nitrogen and oxygen atoms in total. The van der Waals surface area contributed by atoms with Crippen molar-refractivity contribution in [2.24, 2.45) is 0 Å². The molecule has 5 rings (SSSR count). The number of benzene rings is 2. The molecule has 0 radical (unpaired) electrons. The quantitative estimate of drug-likeness (QED) is 0.512. The van der Waals surface area contributed by atoms with Crippen molar-refractivity contribution in [2.75, 3.05) is 0 Å². The predicted octanol–water partition coefficient (Wildman–Crippen LogP) is 3.60. The van der Waals surface area contributed by atoms with Crippen molar-refractivity contribution in [3.63, 3.8) is 0 Å². The Kier molecular flexibility index (Phi) is 4.71. The molecule has 2 aromatic heterocycles. The van der Waals surface area contributed by atoms with Crippen LogP contribution in [0.15, 0.2) is 53.3 Å². The molecule has 0 saturated heterocycles. The number of halogens is 2. The molecule has 0 atom stereocenters. The zero-order valence-electron chi connectivity index (χ0n) is 15.9. The van der Waals surface area contributed by atoms with Crippen LogP contribution in [0.1, 0.15) is 36.1 Å². The third kappa shape index (κ3) is 3.78. The highest BCUT2D eigenvalue weighted by Gasteiger charge is 2.30. The highest BCUT2D eigenvalue weighted by atomic mass is 35.5. The van der Waals surface area contributed by atoms with Crippen LogP contribution in [0.4, 0.5) is 4.39 Å². The van der Waals surface area contributed by atoms with Crippen LogP contribution in [0.2, 0.25) is 5.02 Å². The van der Waals surface area contributed by atoms with Gasteiger partial charge in [-0.1, -0.05) is 23.7 Å². The van der Waals surface area contributed by atoms with Gasteiger partial charge < -0.3 is 4.98 Å². The normalized spacial score (nSPS) is 13.7. The zero-order valence-corrected chi connectivity index (χ0v) is 16.7. The SMILES string of the molecule is O=c1n(Cc2nnc(Cc3cccc(F)c3)[nH]2)nc(-c2ccc(Cl)cc2)n1C1CC1. The third-order valence-electron chi connectivity index (χ3n) is 5.03. The van der Waals surface area contributed by atoms with Crippen molar-refractivity contribution in [3.8, 4) is 11.4 Å². The molecule has 152 valence electrons. The van der Waals surface area contributed by atoms with Crippen LogP contribution < -0.4 is 5.69 Å². The monoisotopic (exact) mass is 424 g/mol. The van der Waals surface area contributed by atoms with E-state index in [1.165, 1.54) is 16.8 Å². The Hall–Kier alpha value is -3.26. The topological polar surface area (TPSA) is 81.4 Å². The maximum Gasteiger partial charge on any atom is 0.346 e. The molecule has 1 aliphatic rings. The van der Waals surface area contributed by atoms with Crippen molar-refractivity contribution in [2.45, 2.75) is 31.8 Å². The first-order valence-electron chi connectivity index (χ1n) is 9.67. The lowest BCUT2D eigenvalue weighted by Gasteiger charge is -2.03. The van der Waals surface area contributed by atoms with Crippen molar-refractivity contribution >= 4 is 11.6 Å². The summed E-state index contributed by atoms with van der Waals surface area (Å²) in [6, 6.07) is 13.8. The number of aromatic amines is 1. The Morgan fingerprint density at radius 3 is 2.60 bits per heavy atom. The Balaban J connectivity index is 1.41. The van der Waals surface area contributed by atoms with Crippen molar-refractivity contribution in [1.29, 1.82) is 0 Å². The summed E-state index contributed by atoms with van der Waals surface area (Å²) < 4.78 is 16.5. The van der Waals surface area contributed by atoms with E-state index >= 15 is 0 Å². The van der Waals surface area contributed by atoms with Gasteiger partial charge in [0.15, 0.2) is 11.6 Å².